The van der Waals surface area contributed by atoms with Gasteiger partial charge < -0.3 is 14.6 Å². The molecule has 1 aliphatic rings. The predicted octanol–water partition coefficient (Wildman–Crippen LogP) is 2.50. The minimum absolute atomic E-state index is 0.00989. The summed E-state index contributed by atoms with van der Waals surface area (Å²) in [6.45, 7) is 4.33. The number of carbonyl (C=O) groups excluding carboxylic acids is 1. The monoisotopic (exact) mass is 407 g/mol. The molecule has 1 fully saturated rings. The van der Waals surface area contributed by atoms with E-state index in [0.29, 0.717) is 24.8 Å². The summed E-state index contributed by atoms with van der Waals surface area (Å²) in [5, 5.41) is 7.02. The highest BCUT2D eigenvalue weighted by Crippen LogP contribution is 2.20. The lowest BCUT2D eigenvalue weighted by Gasteiger charge is -2.33. The molecule has 0 unspecified atom stereocenters. The number of hydrogen-bond donors (Lipinski definition) is 1. The number of piperazine rings is 1. The van der Waals surface area contributed by atoms with Crippen LogP contribution < -0.4 is 10.1 Å². The van der Waals surface area contributed by atoms with Crippen LogP contribution in [-0.4, -0.2) is 65.7 Å². The maximum atomic E-state index is 12.2. The van der Waals surface area contributed by atoms with Crippen LogP contribution in [0.3, 0.4) is 0 Å². The van der Waals surface area contributed by atoms with Crippen molar-refractivity contribution < 1.29 is 14.1 Å². The van der Waals surface area contributed by atoms with E-state index in [1.807, 2.05) is 54.6 Å². The largest absolute Gasteiger partial charge is 0.497 e. The molecule has 3 aromatic rings. The van der Waals surface area contributed by atoms with Gasteiger partial charge in [-0.25, -0.2) is 0 Å². The molecular formula is C22H25N5O3. The Bertz CT molecular complexity index is 950. The second-order valence-electron chi connectivity index (χ2n) is 7.21. The summed E-state index contributed by atoms with van der Waals surface area (Å²) in [5.41, 5.74) is 1.71. The number of methoxy groups -OCH3 is 1. The Morgan fingerprint density at radius 1 is 1.03 bits per heavy atom. The number of nitrogens with one attached hydrogen (secondary N) is 1. The second kappa shape index (κ2) is 9.51. The van der Waals surface area contributed by atoms with Gasteiger partial charge in [-0.3, -0.25) is 14.6 Å². The van der Waals surface area contributed by atoms with Crippen LogP contribution in [0.4, 0.5) is 5.69 Å². The van der Waals surface area contributed by atoms with Crippen LogP contribution in [0, 0.1) is 0 Å². The van der Waals surface area contributed by atoms with Gasteiger partial charge in [0.05, 0.1) is 20.2 Å². The van der Waals surface area contributed by atoms with Gasteiger partial charge in [-0.2, -0.15) is 4.98 Å². The topological polar surface area (TPSA) is 83.7 Å². The third-order valence-electron chi connectivity index (χ3n) is 5.06. The summed E-state index contributed by atoms with van der Waals surface area (Å²) >= 11 is 0. The molecule has 0 radical (unpaired) electrons. The zero-order chi connectivity index (χ0) is 20.8. The van der Waals surface area contributed by atoms with Crippen LogP contribution in [0.5, 0.6) is 5.75 Å². The molecule has 8 heteroatoms. The number of aromatic nitrogens is 2. The fourth-order valence-corrected chi connectivity index (χ4v) is 3.40. The molecule has 0 bridgehead atoms. The third-order valence-corrected chi connectivity index (χ3v) is 5.06. The summed E-state index contributed by atoms with van der Waals surface area (Å²) in [7, 11) is 1.64. The van der Waals surface area contributed by atoms with Crippen molar-refractivity contribution in [2.75, 3.05) is 45.2 Å². The van der Waals surface area contributed by atoms with Crippen molar-refractivity contribution in [3.05, 3.63) is 60.5 Å². The minimum atomic E-state index is 0.00989. The summed E-state index contributed by atoms with van der Waals surface area (Å²) in [6.07, 6.45) is 0. The minimum Gasteiger partial charge on any atom is -0.497 e. The van der Waals surface area contributed by atoms with Gasteiger partial charge in [-0.05, 0) is 36.4 Å². The van der Waals surface area contributed by atoms with E-state index < -0.39 is 0 Å². The molecule has 1 aromatic heterocycles. The third kappa shape index (κ3) is 5.22. The Morgan fingerprint density at radius 3 is 2.43 bits per heavy atom. The molecular weight excluding hydrogens is 382 g/mol. The van der Waals surface area contributed by atoms with Crippen molar-refractivity contribution >= 4 is 11.6 Å². The number of anilines is 1. The molecule has 0 spiro atoms. The Balaban J connectivity index is 1.24. The van der Waals surface area contributed by atoms with Crippen LogP contribution in [-0.2, 0) is 11.3 Å². The number of carbonyl (C=O) groups is 1. The molecule has 1 N–H and O–H groups in total. The van der Waals surface area contributed by atoms with Gasteiger partial charge in [-0.1, -0.05) is 23.4 Å². The Hall–Kier alpha value is -3.23. The molecule has 0 saturated carbocycles. The second-order valence-corrected chi connectivity index (χ2v) is 7.21. The van der Waals surface area contributed by atoms with Gasteiger partial charge in [0.15, 0.2) is 0 Å². The average Bonchev–Trinajstić information content (AvgIpc) is 3.24. The maximum absolute atomic E-state index is 12.2. The van der Waals surface area contributed by atoms with E-state index in [1.165, 1.54) is 0 Å². The highest BCUT2D eigenvalue weighted by molar-refractivity contribution is 5.92. The van der Waals surface area contributed by atoms with Crippen LogP contribution in [0.25, 0.3) is 11.4 Å². The van der Waals surface area contributed by atoms with E-state index in [4.69, 9.17) is 9.26 Å². The predicted molar refractivity (Wildman–Crippen MR) is 113 cm³/mol. The number of para-hydroxylation sites is 1. The van der Waals surface area contributed by atoms with Crippen molar-refractivity contribution in [1.82, 2.24) is 19.9 Å². The molecule has 0 aliphatic carbocycles. The first-order valence-corrected chi connectivity index (χ1v) is 9.96. The first-order chi connectivity index (χ1) is 14.7. The molecule has 4 rings (SSSR count). The van der Waals surface area contributed by atoms with E-state index in [-0.39, 0.29) is 5.91 Å². The first-order valence-electron chi connectivity index (χ1n) is 9.96. The Kier molecular flexibility index (Phi) is 6.36. The van der Waals surface area contributed by atoms with E-state index in [9.17, 15) is 4.79 Å². The highest BCUT2D eigenvalue weighted by atomic mass is 16.5. The van der Waals surface area contributed by atoms with E-state index in [0.717, 1.165) is 43.2 Å². The summed E-state index contributed by atoms with van der Waals surface area (Å²) in [6, 6.07) is 17.1. The van der Waals surface area contributed by atoms with Crippen LogP contribution in [0.2, 0.25) is 0 Å². The summed E-state index contributed by atoms with van der Waals surface area (Å²) < 4.78 is 10.6. The van der Waals surface area contributed by atoms with Gasteiger partial charge in [0.25, 0.3) is 0 Å². The number of benzene rings is 2. The van der Waals surface area contributed by atoms with Crippen LogP contribution in [0.1, 0.15) is 5.89 Å². The molecule has 1 amide bonds. The SMILES string of the molecule is COc1ccc(-c2noc(CN3CCN(CC(=O)Nc4ccccc4)CC3)n2)cc1. The van der Waals surface area contributed by atoms with Crippen LogP contribution in [0.15, 0.2) is 59.1 Å². The lowest BCUT2D eigenvalue weighted by atomic mass is 10.2. The van der Waals surface area contributed by atoms with E-state index in [2.05, 4.69) is 25.3 Å². The molecule has 156 valence electrons. The number of hydrogen-bond acceptors (Lipinski definition) is 7. The summed E-state index contributed by atoms with van der Waals surface area (Å²) in [5.74, 6) is 1.97. The molecule has 2 aromatic carbocycles. The fourth-order valence-electron chi connectivity index (χ4n) is 3.40. The fraction of sp³-hybridized carbons (Fsp3) is 0.318. The molecule has 0 atom stereocenters. The van der Waals surface area contributed by atoms with E-state index in [1.54, 1.807) is 7.11 Å². The molecule has 2 heterocycles. The number of nitrogens with zero attached hydrogens (tertiary/aromatic N) is 4. The molecule has 1 saturated heterocycles. The average molecular weight is 407 g/mol. The van der Waals surface area contributed by atoms with E-state index >= 15 is 0 Å². The van der Waals surface area contributed by atoms with Crippen molar-refractivity contribution in [3.8, 4) is 17.1 Å². The first kappa shape index (κ1) is 20.1. The smallest absolute Gasteiger partial charge is 0.241 e. The summed E-state index contributed by atoms with van der Waals surface area (Å²) in [4.78, 5) is 21.1. The van der Waals surface area contributed by atoms with Crippen molar-refractivity contribution in [2.45, 2.75) is 6.54 Å². The van der Waals surface area contributed by atoms with Gasteiger partial charge in [0.1, 0.15) is 5.75 Å². The Labute approximate surface area is 175 Å². The molecule has 8 nitrogen and oxygen atoms in total. The Morgan fingerprint density at radius 2 is 1.73 bits per heavy atom. The standard InChI is InChI=1S/C22H25N5O3/c1-29-19-9-7-17(8-10-19)22-24-21(30-25-22)16-27-13-11-26(12-14-27)15-20(28)23-18-5-3-2-4-6-18/h2-10H,11-16H2,1H3,(H,23,28). The van der Waals surface area contributed by atoms with Crippen LogP contribution >= 0.6 is 0 Å². The molecule has 30 heavy (non-hydrogen) atoms. The zero-order valence-corrected chi connectivity index (χ0v) is 17.0. The number of ether oxygens (including phenoxy) is 1. The van der Waals surface area contributed by atoms with Gasteiger partial charge >= 0.3 is 0 Å². The lowest BCUT2D eigenvalue weighted by molar-refractivity contribution is -0.117. The normalized spacial score (nSPS) is 15.1. The number of rotatable bonds is 7. The van der Waals surface area contributed by atoms with Crippen molar-refractivity contribution in [3.63, 3.8) is 0 Å². The van der Waals surface area contributed by atoms with Gasteiger partial charge in [0, 0.05) is 37.4 Å². The van der Waals surface area contributed by atoms with Crippen molar-refractivity contribution in [1.29, 1.82) is 0 Å². The molecule has 1 aliphatic heterocycles. The lowest BCUT2D eigenvalue weighted by Crippen LogP contribution is -2.48. The quantitative estimate of drug-likeness (QED) is 0.644. The van der Waals surface area contributed by atoms with Gasteiger partial charge in [0.2, 0.25) is 17.6 Å². The van der Waals surface area contributed by atoms with Gasteiger partial charge in [-0.15, -0.1) is 0 Å². The highest BCUT2D eigenvalue weighted by Gasteiger charge is 2.21. The number of amides is 1. The van der Waals surface area contributed by atoms with Crippen molar-refractivity contribution in [2.24, 2.45) is 0 Å². The maximum Gasteiger partial charge on any atom is 0.241 e. The zero-order valence-electron chi connectivity index (χ0n) is 17.0.